The second kappa shape index (κ2) is 10.4. The minimum absolute atomic E-state index is 0.138. The lowest BCUT2D eigenvalue weighted by Crippen LogP contribution is -2.29. The summed E-state index contributed by atoms with van der Waals surface area (Å²) in [5, 5.41) is 11.7. The Labute approximate surface area is 223 Å². The van der Waals surface area contributed by atoms with Gasteiger partial charge in [0.25, 0.3) is 11.7 Å². The van der Waals surface area contributed by atoms with Crippen molar-refractivity contribution in [1.29, 1.82) is 0 Å². The van der Waals surface area contributed by atoms with Crippen LogP contribution in [0.3, 0.4) is 0 Å². The van der Waals surface area contributed by atoms with E-state index >= 15 is 0 Å². The molecule has 6 nitrogen and oxygen atoms in total. The minimum Gasteiger partial charge on any atom is -0.507 e. The molecule has 4 aromatic carbocycles. The fraction of sp³-hybridized carbons (Fsp3) is 0.0667. The van der Waals surface area contributed by atoms with Crippen molar-refractivity contribution in [3.05, 3.63) is 125 Å². The van der Waals surface area contributed by atoms with Gasteiger partial charge in [0.1, 0.15) is 28.8 Å². The van der Waals surface area contributed by atoms with Crippen LogP contribution in [0.2, 0.25) is 5.02 Å². The number of anilines is 1. The lowest BCUT2D eigenvalue weighted by molar-refractivity contribution is -0.132. The van der Waals surface area contributed by atoms with E-state index in [9.17, 15) is 19.1 Å². The molecule has 0 spiro atoms. The van der Waals surface area contributed by atoms with E-state index in [0.29, 0.717) is 22.1 Å². The van der Waals surface area contributed by atoms with Crippen LogP contribution in [0, 0.1) is 5.82 Å². The molecular formula is C30H21ClFNO5. The molecule has 1 N–H and O–H groups in total. The van der Waals surface area contributed by atoms with E-state index in [1.807, 2.05) is 18.2 Å². The largest absolute Gasteiger partial charge is 0.507 e. The zero-order valence-corrected chi connectivity index (χ0v) is 20.9. The zero-order valence-electron chi connectivity index (χ0n) is 20.1. The van der Waals surface area contributed by atoms with Crippen LogP contribution in [0.25, 0.3) is 5.76 Å². The number of carbonyl (C=O) groups is 2. The molecule has 4 aromatic rings. The monoisotopic (exact) mass is 529 g/mol. The SMILES string of the molecule is COc1ccc(Cl)cc1/C(O)=C1\C(=O)C(=O)N(c2cccc(F)c2)C1c1cccc(Oc2ccccc2)c1. The summed E-state index contributed by atoms with van der Waals surface area (Å²) in [6.07, 6.45) is 0. The van der Waals surface area contributed by atoms with Crippen LogP contribution in [-0.4, -0.2) is 23.9 Å². The fourth-order valence-corrected chi connectivity index (χ4v) is 4.60. The van der Waals surface area contributed by atoms with Crippen molar-refractivity contribution >= 4 is 34.7 Å². The van der Waals surface area contributed by atoms with Crippen molar-refractivity contribution in [3.8, 4) is 17.2 Å². The van der Waals surface area contributed by atoms with Gasteiger partial charge in [0.2, 0.25) is 0 Å². The van der Waals surface area contributed by atoms with E-state index in [4.69, 9.17) is 21.1 Å². The van der Waals surface area contributed by atoms with Crippen molar-refractivity contribution in [2.24, 2.45) is 0 Å². The van der Waals surface area contributed by atoms with Gasteiger partial charge in [-0.05, 0) is 66.2 Å². The summed E-state index contributed by atoms with van der Waals surface area (Å²) in [6.45, 7) is 0. The van der Waals surface area contributed by atoms with Gasteiger partial charge in [-0.3, -0.25) is 14.5 Å². The quantitative estimate of drug-likeness (QED) is 0.167. The second-order valence-electron chi connectivity index (χ2n) is 8.48. The van der Waals surface area contributed by atoms with Gasteiger partial charge in [0.15, 0.2) is 0 Å². The minimum atomic E-state index is -1.10. The highest BCUT2D eigenvalue weighted by molar-refractivity contribution is 6.51. The highest BCUT2D eigenvalue weighted by atomic mass is 35.5. The first-order valence-corrected chi connectivity index (χ1v) is 12.0. The van der Waals surface area contributed by atoms with Crippen LogP contribution in [0.1, 0.15) is 17.2 Å². The third-order valence-corrected chi connectivity index (χ3v) is 6.34. The number of benzene rings is 4. The topological polar surface area (TPSA) is 76.1 Å². The van der Waals surface area contributed by atoms with Crippen molar-refractivity contribution in [1.82, 2.24) is 0 Å². The maximum atomic E-state index is 14.2. The van der Waals surface area contributed by atoms with Crippen LogP contribution in [-0.2, 0) is 9.59 Å². The van der Waals surface area contributed by atoms with Gasteiger partial charge in [-0.1, -0.05) is 48.0 Å². The third kappa shape index (κ3) is 4.71. The summed E-state index contributed by atoms with van der Waals surface area (Å²) in [5.41, 5.74) is 0.559. The molecular weight excluding hydrogens is 509 g/mol. The van der Waals surface area contributed by atoms with Crippen LogP contribution in [0.4, 0.5) is 10.1 Å². The van der Waals surface area contributed by atoms with Gasteiger partial charge in [0.05, 0.1) is 24.3 Å². The number of ketones is 1. The van der Waals surface area contributed by atoms with Crippen LogP contribution in [0.5, 0.6) is 17.2 Å². The van der Waals surface area contributed by atoms with E-state index < -0.39 is 29.3 Å². The van der Waals surface area contributed by atoms with Gasteiger partial charge in [0, 0.05) is 10.7 Å². The Bertz CT molecular complexity index is 1570. The number of ether oxygens (including phenoxy) is 2. The molecule has 1 unspecified atom stereocenters. The van der Waals surface area contributed by atoms with Crippen molar-refractivity contribution in [3.63, 3.8) is 0 Å². The highest BCUT2D eigenvalue weighted by Crippen LogP contribution is 2.44. The first-order valence-electron chi connectivity index (χ1n) is 11.6. The van der Waals surface area contributed by atoms with E-state index in [1.165, 1.54) is 31.4 Å². The molecule has 1 amide bonds. The van der Waals surface area contributed by atoms with Crippen molar-refractivity contribution in [2.45, 2.75) is 6.04 Å². The van der Waals surface area contributed by atoms with Crippen LogP contribution < -0.4 is 14.4 Å². The molecule has 1 aliphatic rings. The second-order valence-corrected chi connectivity index (χ2v) is 8.92. The number of rotatable bonds is 6. The van der Waals surface area contributed by atoms with E-state index in [-0.39, 0.29) is 22.6 Å². The van der Waals surface area contributed by atoms with Crippen LogP contribution >= 0.6 is 11.6 Å². The number of methoxy groups -OCH3 is 1. The predicted octanol–water partition coefficient (Wildman–Crippen LogP) is 6.91. The molecule has 1 atom stereocenters. The number of carbonyl (C=O) groups excluding carboxylic acids is 2. The molecule has 38 heavy (non-hydrogen) atoms. The molecule has 190 valence electrons. The molecule has 1 fully saturated rings. The lowest BCUT2D eigenvalue weighted by Gasteiger charge is -2.26. The molecule has 1 aliphatic heterocycles. The molecule has 1 heterocycles. The van der Waals surface area contributed by atoms with Crippen molar-refractivity contribution < 1.29 is 28.6 Å². The summed E-state index contributed by atoms with van der Waals surface area (Å²) >= 11 is 6.17. The Kier molecular flexibility index (Phi) is 6.85. The Morgan fingerprint density at radius 3 is 2.37 bits per heavy atom. The van der Waals surface area contributed by atoms with Gasteiger partial charge in [-0.25, -0.2) is 4.39 Å². The lowest BCUT2D eigenvalue weighted by atomic mass is 9.94. The number of aliphatic hydroxyl groups excluding tert-OH is 1. The summed E-state index contributed by atoms with van der Waals surface area (Å²) < 4.78 is 25.5. The normalized spacial score (nSPS) is 16.5. The first kappa shape index (κ1) is 25.0. The van der Waals surface area contributed by atoms with E-state index in [0.717, 1.165) is 11.0 Å². The number of halogens is 2. The van der Waals surface area contributed by atoms with E-state index in [1.54, 1.807) is 48.5 Å². The van der Waals surface area contributed by atoms with Gasteiger partial charge >= 0.3 is 0 Å². The Hall–Kier alpha value is -4.62. The summed E-state index contributed by atoms with van der Waals surface area (Å²) in [4.78, 5) is 28.0. The molecule has 8 heteroatoms. The third-order valence-electron chi connectivity index (χ3n) is 6.10. The average Bonchev–Trinajstić information content (AvgIpc) is 3.19. The number of hydrogen-bond donors (Lipinski definition) is 1. The first-order chi connectivity index (χ1) is 18.4. The average molecular weight is 530 g/mol. The molecule has 0 aliphatic carbocycles. The molecule has 5 rings (SSSR count). The molecule has 0 bridgehead atoms. The Morgan fingerprint density at radius 2 is 1.63 bits per heavy atom. The summed E-state index contributed by atoms with van der Waals surface area (Å²) in [5.74, 6) is -1.62. The predicted molar refractivity (Wildman–Crippen MR) is 142 cm³/mol. The number of Topliss-reactive ketones (excluding diaryl/α,β-unsaturated/α-hetero) is 1. The highest BCUT2D eigenvalue weighted by Gasteiger charge is 2.47. The molecule has 1 saturated heterocycles. The van der Waals surface area contributed by atoms with Crippen molar-refractivity contribution in [2.75, 3.05) is 12.0 Å². The zero-order chi connectivity index (χ0) is 26.8. The summed E-state index contributed by atoms with van der Waals surface area (Å²) in [6, 6.07) is 24.7. The number of hydrogen-bond acceptors (Lipinski definition) is 5. The Balaban J connectivity index is 1.71. The molecule has 0 saturated carbocycles. The number of aliphatic hydroxyl groups is 1. The molecule has 0 radical (unpaired) electrons. The number of amides is 1. The Morgan fingerprint density at radius 1 is 0.895 bits per heavy atom. The van der Waals surface area contributed by atoms with Crippen LogP contribution in [0.15, 0.2) is 103 Å². The van der Waals surface area contributed by atoms with Gasteiger partial charge < -0.3 is 14.6 Å². The number of para-hydroxylation sites is 1. The van der Waals surface area contributed by atoms with Gasteiger partial charge in [-0.2, -0.15) is 0 Å². The van der Waals surface area contributed by atoms with E-state index in [2.05, 4.69) is 0 Å². The van der Waals surface area contributed by atoms with Gasteiger partial charge in [-0.15, -0.1) is 0 Å². The smallest absolute Gasteiger partial charge is 0.300 e. The standard InChI is InChI=1S/C30H21ClFNO5/c1-37-25-14-13-19(31)16-24(25)28(34)26-27(33(30(36)29(26)35)21-9-6-8-20(32)17-21)18-7-5-12-23(15-18)38-22-10-3-2-4-11-22/h2-17,27,34H,1H3/b28-26+. The summed E-state index contributed by atoms with van der Waals surface area (Å²) in [7, 11) is 1.41. The maximum absolute atomic E-state index is 14.2. The molecule has 0 aromatic heterocycles. The fourth-order valence-electron chi connectivity index (χ4n) is 4.42. The maximum Gasteiger partial charge on any atom is 0.300 e. The number of nitrogens with zero attached hydrogens (tertiary/aromatic N) is 1.